The first-order valence-corrected chi connectivity index (χ1v) is 26.3. The molecule has 3 aromatic heterocycles. The van der Waals surface area contributed by atoms with Gasteiger partial charge in [-0.05, 0) is 55.2 Å². The Labute approximate surface area is 448 Å². The molecule has 0 aliphatic carbocycles. The van der Waals surface area contributed by atoms with Crippen LogP contribution in [-0.4, -0.2) is 169 Å². The highest BCUT2D eigenvalue weighted by Gasteiger charge is 2.34. The number of benzene rings is 1. The van der Waals surface area contributed by atoms with E-state index in [4.69, 9.17) is 11.5 Å². The molecule has 28 heteroatoms. The van der Waals surface area contributed by atoms with Crippen molar-refractivity contribution in [3.8, 4) is 0 Å². The summed E-state index contributed by atoms with van der Waals surface area (Å²) in [6, 6.07) is -2.96. The Hall–Kier alpha value is -7.85. The number of para-hydroxylation sites is 1. The topological polar surface area (TPSA) is 424 Å². The molecule has 77 heavy (non-hydrogen) atoms. The van der Waals surface area contributed by atoms with E-state index in [1.54, 1.807) is 26.1 Å². The fourth-order valence-electron chi connectivity index (χ4n) is 7.86. The Balaban J connectivity index is 1.46. The van der Waals surface area contributed by atoms with E-state index >= 15 is 0 Å². The number of imidazole rings is 2. The molecule has 0 saturated heterocycles. The summed E-state index contributed by atoms with van der Waals surface area (Å²) < 4.78 is 0. The van der Waals surface area contributed by atoms with Gasteiger partial charge < -0.3 is 79.4 Å². The fourth-order valence-corrected chi connectivity index (χ4v) is 8.33. The third-order valence-corrected chi connectivity index (χ3v) is 12.7. The van der Waals surface area contributed by atoms with Crippen LogP contribution in [0.25, 0.3) is 10.9 Å². The number of nitrogens with two attached hydrogens (primary N) is 2. The molecule has 0 radical (unpaired) electrons. The average molecular weight is 1090 g/mol. The lowest BCUT2D eigenvalue weighted by Crippen LogP contribution is -2.60. The summed E-state index contributed by atoms with van der Waals surface area (Å²) in [6.07, 6.45) is 9.18. The molecule has 0 fully saturated rings. The number of carbonyl (C=O) groups excluding carboxylic acids is 10. The van der Waals surface area contributed by atoms with Gasteiger partial charge in [-0.25, -0.2) is 9.97 Å². The number of aliphatic hydroxyl groups excluding tert-OH is 1. The van der Waals surface area contributed by atoms with E-state index in [1.807, 2.05) is 38.3 Å². The number of H-pyrrole nitrogens is 3. The van der Waals surface area contributed by atoms with Crippen LogP contribution >= 0.6 is 11.8 Å². The maximum Gasteiger partial charge on any atom is 0.245 e. The summed E-state index contributed by atoms with van der Waals surface area (Å²) >= 11 is 1.47. The lowest BCUT2D eigenvalue weighted by atomic mass is 10.0. The quantitative estimate of drug-likeness (QED) is 0.0226. The molecule has 0 aliphatic heterocycles. The smallest absolute Gasteiger partial charge is 0.245 e. The van der Waals surface area contributed by atoms with E-state index in [9.17, 15) is 53.1 Å². The summed E-state index contributed by atoms with van der Waals surface area (Å²) in [7, 11) is 0. The third-order valence-electron chi connectivity index (χ3n) is 12.0. The van der Waals surface area contributed by atoms with Crippen LogP contribution in [0.3, 0.4) is 0 Å². The lowest BCUT2D eigenvalue weighted by molar-refractivity contribution is -0.135. The molecule has 17 N–H and O–H groups in total. The number of nitrogens with one attached hydrogen (secondary N) is 12. The van der Waals surface area contributed by atoms with Crippen LogP contribution in [0.1, 0.15) is 64.4 Å². The predicted octanol–water partition coefficient (Wildman–Crippen LogP) is -3.45. The first kappa shape index (κ1) is 61.7. The van der Waals surface area contributed by atoms with Gasteiger partial charge in [0, 0.05) is 60.1 Å². The van der Waals surface area contributed by atoms with Crippen molar-refractivity contribution in [3.63, 3.8) is 0 Å². The number of carbonyl (C=O) groups is 10. The molecule has 0 bridgehead atoms. The number of aliphatic hydroxyl groups is 1. The number of hydrogen-bond donors (Lipinski definition) is 15. The summed E-state index contributed by atoms with van der Waals surface area (Å²) in [6.45, 7) is 6.36. The van der Waals surface area contributed by atoms with E-state index in [0.29, 0.717) is 22.7 Å². The van der Waals surface area contributed by atoms with Crippen LogP contribution in [0.5, 0.6) is 0 Å². The highest BCUT2D eigenvalue weighted by Crippen LogP contribution is 2.20. The monoisotopic (exact) mass is 1090 g/mol. The summed E-state index contributed by atoms with van der Waals surface area (Å²) in [5, 5.41) is 33.7. The van der Waals surface area contributed by atoms with Crippen molar-refractivity contribution in [1.82, 2.24) is 72.8 Å². The van der Waals surface area contributed by atoms with Crippen LogP contribution in [0.2, 0.25) is 0 Å². The van der Waals surface area contributed by atoms with Gasteiger partial charge in [-0.3, -0.25) is 47.9 Å². The van der Waals surface area contributed by atoms with Crippen molar-refractivity contribution in [2.45, 2.75) is 115 Å². The van der Waals surface area contributed by atoms with Crippen molar-refractivity contribution in [3.05, 3.63) is 72.5 Å². The number of amides is 10. The van der Waals surface area contributed by atoms with Gasteiger partial charge in [0.15, 0.2) is 0 Å². The van der Waals surface area contributed by atoms with Gasteiger partial charge in [0.1, 0.15) is 48.3 Å². The standard InChI is InChI=1S/C49H72N16O11S/c1-25(2)13-34(45(72)61-33(42(51)69)11-12-77-6)62-46(73)36(15-29-19-52-23-56-29)59-40(68)21-55-49(76)41(26(3)4)65-43(70)27(5)58-44(71)35(14-28-18-54-32-10-8-7-9-31(28)32)63-47(74)37(16-30-20-53-24-57-30)64-48(75)38(22-66)60-39(67)17-50/h7-10,18-20,23-27,33-38,41,54,66H,11-17,21-22,50H2,1-6H3,(H2,51,69)(H,52,56)(H,53,57)(H,55,76)(H,58,71)(H,59,68)(H,60,67)(H,61,72)(H,62,73)(H,63,74)(H,64,75)(H,65,70)/t27-,33-,34-,35-,36-,37-,38-,41-/m0/s1. The Morgan fingerprint density at radius 3 is 1.70 bits per heavy atom. The number of aromatic amines is 3. The minimum atomic E-state index is -1.47. The highest BCUT2D eigenvalue weighted by molar-refractivity contribution is 7.98. The number of aromatic nitrogens is 5. The largest absolute Gasteiger partial charge is 0.394 e. The van der Waals surface area contributed by atoms with Crippen LogP contribution in [-0.2, 0) is 67.2 Å². The van der Waals surface area contributed by atoms with E-state index in [0.717, 1.165) is 10.9 Å². The first-order chi connectivity index (χ1) is 36.6. The zero-order valence-electron chi connectivity index (χ0n) is 43.8. The number of rotatable bonds is 32. The second-order valence-corrected chi connectivity index (χ2v) is 20.0. The Morgan fingerprint density at radius 1 is 0.623 bits per heavy atom. The van der Waals surface area contributed by atoms with E-state index < -0.39 is 133 Å². The zero-order chi connectivity index (χ0) is 56.8. The molecule has 0 unspecified atom stereocenters. The van der Waals surface area contributed by atoms with Crippen molar-refractivity contribution < 1.29 is 53.1 Å². The van der Waals surface area contributed by atoms with Crippen LogP contribution in [0, 0.1) is 11.8 Å². The number of primary amides is 1. The van der Waals surface area contributed by atoms with Crippen LogP contribution < -0.4 is 59.3 Å². The van der Waals surface area contributed by atoms with Crippen molar-refractivity contribution in [1.29, 1.82) is 0 Å². The second-order valence-electron chi connectivity index (χ2n) is 19.0. The van der Waals surface area contributed by atoms with Gasteiger partial charge in [-0.2, -0.15) is 11.8 Å². The number of thioether (sulfide) groups is 1. The molecule has 1 aromatic carbocycles. The van der Waals surface area contributed by atoms with Crippen LogP contribution in [0.4, 0.5) is 0 Å². The Morgan fingerprint density at radius 2 is 1.16 bits per heavy atom. The van der Waals surface area contributed by atoms with Gasteiger partial charge >= 0.3 is 0 Å². The third kappa shape index (κ3) is 19.7. The maximum absolute atomic E-state index is 14.2. The Bertz CT molecular complexity index is 2630. The number of nitrogens with zero attached hydrogens (tertiary/aromatic N) is 2. The van der Waals surface area contributed by atoms with Crippen molar-refractivity contribution >= 4 is 81.7 Å². The van der Waals surface area contributed by atoms with Gasteiger partial charge in [-0.1, -0.05) is 45.9 Å². The van der Waals surface area contributed by atoms with E-state index in [1.165, 1.54) is 43.7 Å². The molecule has 0 spiro atoms. The number of hydrogen-bond acceptors (Lipinski definition) is 15. The van der Waals surface area contributed by atoms with E-state index in [-0.39, 0.29) is 38.0 Å². The van der Waals surface area contributed by atoms with Crippen molar-refractivity contribution in [2.75, 3.05) is 31.7 Å². The zero-order valence-corrected chi connectivity index (χ0v) is 44.6. The highest BCUT2D eigenvalue weighted by atomic mass is 32.2. The molecule has 4 aromatic rings. The first-order valence-electron chi connectivity index (χ1n) is 24.9. The van der Waals surface area contributed by atoms with E-state index in [2.05, 4.69) is 72.8 Å². The molecule has 0 saturated carbocycles. The molecule has 10 amide bonds. The van der Waals surface area contributed by atoms with Gasteiger partial charge in [0.05, 0.1) is 32.4 Å². The SMILES string of the molecule is CSCC[C@H](NC(=O)[C@H](CC(C)C)NC(=O)[C@H](Cc1cnc[nH]1)NC(=O)CNC(=O)[C@@H](NC(=O)[C@H](C)NC(=O)[C@H](Cc1c[nH]c2ccccc12)NC(=O)[C@H](Cc1cnc[nH]1)NC(=O)[C@H](CO)NC(=O)CN)C(C)C)C(N)=O. The molecule has 0 aliphatic rings. The van der Waals surface area contributed by atoms with Gasteiger partial charge in [0.25, 0.3) is 0 Å². The molecular formula is C49H72N16O11S. The Kier molecular flexibility index (Phi) is 24.5. The minimum Gasteiger partial charge on any atom is -0.394 e. The molecule has 4 rings (SSSR count). The number of fused-ring (bicyclic) bond motifs is 1. The molecule has 8 atom stereocenters. The summed E-state index contributed by atoms with van der Waals surface area (Å²) in [4.78, 5) is 151. The molecule has 27 nitrogen and oxygen atoms in total. The normalized spacial score (nSPS) is 14.4. The average Bonchev–Trinajstić information content (AvgIpc) is 4.20. The summed E-state index contributed by atoms with van der Waals surface area (Å²) in [5.41, 5.74) is 13.1. The molecular weight excluding hydrogens is 1020 g/mol. The fraction of sp³-hybridized carbons (Fsp3) is 0.510. The maximum atomic E-state index is 14.2. The lowest BCUT2D eigenvalue weighted by Gasteiger charge is -2.27. The predicted molar refractivity (Wildman–Crippen MR) is 283 cm³/mol. The van der Waals surface area contributed by atoms with Crippen molar-refractivity contribution in [2.24, 2.45) is 23.3 Å². The molecule has 420 valence electrons. The molecule has 3 heterocycles. The summed E-state index contributed by atoms with van der Waals surface area (Å²) in [5.74, 6) is -7.94. The minimum absolute atomic E-state index is 0.0815. The second kappa shape index (κ2) is 30.6. The van der Waals surface area contributed by atoms with Crippen LogP contribution in [0.15, 0.2) is 55.5 Å². The van der Waals surface area contributed by atoms with Gasteiger partial charge in [-0.15, -0.1) is 0 Å². The van der Waals surface area contributed by atoms with Gasteiger partial charge in [0.2, 0.25) is 59.1 Å².